The molecule has 0 atom stereocenters. The van der Waals surface area contributed by atoms with Gasteiger partial charge in [-0.25, -0.2) is 0 Å². The molecule has 2 aromatic carbocycles. The van der Waals surface area contributed by atoms with Crippen LogP contribution >= 0.6 is 0 Å². The number of pyridine rings is 2. The number of aromatic nitrogens is 2. The summed E-state index contributed by atoms with van der Waals surface area (Å²) in [5.41, 5.74) is 9.91. The fraction of sp³-hybridized carbons (Fsp3) is 0.167. The first-order valence-electron chi connectivity index (χ1n) is 8.97. The summed E-state index contributed by atoms with van der Waals surface area (Å²) in [6.45, 7) is 6.56. The molecule has 0 aliphatic carbocycles. The largest absolute Gasteiger partial charge is 0.256 e. The Morgan fingerprint density at radius 2 is 1.69 bits per heavy atom. The Bertz CT molecular complexity index is 1110. The number of aryl methyl sites for hydroxylation is 3. The lowest BCUT2D eigenvalue weighted by Gasteiger charge is -2.11. The summed E-state index contributed by atoms with van der Waals surface area (Å²) in [5, 5.41) is 1.22. The molecule has 0 unspecified atom stereocenters. The molecule has 4 aromatic rings. The molecule has 0 N–H and O–H groups in total. The lowest BCUT2D eigenvalue weighted by molar-refractivity contribution is -0.633. The topological polar surface area (TPSA) is 16.8 Å². The Balaban J connectivity index is 1.89. The maximum Gasteiger partial charge on any atom is 0.213 e. The SMILES string of the molecule is Cc1cc(C)c(C)c(-c2ccc3cc(-c4ccccn4)ccc3[n+]2C)c1. The molecule has 0 aliphatic heterocycles. The molecule has 0 spiro atoms. The zero-order valence-electron chi connectivity index (χ0n) is 15.7. The van der Waals surface area contributed by atoms with Gasteiger partial charge in [-0.2, -0.15) is 4.57 Å². The van der Waals surface area contributed by atoms with Crippen molar-refractivity contribution in [3.8, 4) is 22.5 Å². The van der Waals surface area contributed by atoms with Crippen LogP contribution < -0.4 is 4.57 Å². The van der Waals surface area contributed by atoms with Gasteiger partial charge in [-0.15, -0.1) is 0 Å². The highest BCUT2D eigenvalue weighted by molar-refractivity contribution is 5.83. The van der Waals surface area contributed by atoms with E-state index in [1.807, 2.05) is 18.3 Å². The fourth-order valence-electron chi connectivity index (χ4n) is 3.67. The number of nitrogens with zero attached hydrogens (tertiary/aromatic N) is 2. The number of hydrogen-bond donors (Lipinski definition) is 0. The molecule has 0 fully saturated rings. The van der Waals surface area contributed by atoms with E-state index in [9.17, 15) is 0 Å². The second kappa shape index (κ2) is 6.38. The first kappa shape index (κ1) is 16.5. The summed E-state index contributed by atoms with van der Waals surface area (Å²) in [6, 6.07) is 21.6. The average Bonchev–Trinajstić information content (AvgIpc) is 2.66. The van der Waals surface area contributed by atoms with Crippen molar-refractivity contribution in [2.45, 2.75) is 20.8 Å². The van der Waals surface area contributed by atoms with E-state index in [0.717, 1.165) is 11.3 Å². The highest BCUT2D eigenvalue weighted by Gasteiger charge is 2.17. The monoisotopic (exact) mass is 339 g/mol. The van der Waals surface area contributed by atoms with E-state index in [-0.39, 0.29) is 0 Å². The van der Waals surface area contributed by atoms with E-state index in [1.54, 1.807) is 0 Å². The number of benzene rings is 2. The Kier molecular flexibility index (Phi) is 4.04. The number of rotatable bonds is 2. The van der Waals surface area contributed by atoms with Crippen LogP contribution in [-0.2, 0) is 7.05 Å². The van der Waals surface area contributed by atoms with Crippen molar-refractivity contribution in [3.63, 3.8) is 0 Å². The molecule has 0 amide bonds. The van der Waals surface area contributed by atoms with Crippen LogP contribution in [0.1, 0.15) is 16.7 Å². The first-order valence-corrected chi connectivity index (χ1v) is 8.97. The molecule has 0 radical (unpaired) electrons. The maximum atomic E-state index is 4.47. The van der Waals surface area contributed by atoms with Crippen LogP contribution in [0, 0.1) is 20.8 Å². The third-order valence-corrected chi connectivity index (χ3v) is 5.22. The number of hydrogen-bond acceptors (Lipinski definition) is 1. The third-order valence-electron chi connectivity index (χ3n) is 5.22. The molecule has 2 heterocycles. The van der Waals surface area contributed by atoms with E-state index in [4.69, 9.17) is 0 Å². The zero-order chi connectivity index (χ0) is 18.3. The minimum Gasteiger partial charge on any atom is -0.256 e. The molecule has 4 rings (SSSR count). The van der Waals surface area contributed by atoms with E-state index in [1.165, 1.54) is 38.9 Å². The number of fused-ring (bicyclic) bond motifs is 1. The fourth-order valence-corrected chi connectivity index (χ4v) is 3.67. The normalized spacial score (nSPS) is 11.1. The summed E-state index contributed by atoms with van der Waals surface area (Å²) < 4.78 is 2.29. The first-order chi connectivity index (χ1) is 12.5. The van der Waals surface area contributed by atoms with Crippen molar-refractivity contribution < 1.29 is 4.57 Å². The minimum atomic E-state index is 1.01. The molecular weight excluding hydrogens is 316 g/mol. The summed E-state index contributed by atoms with van der Waals surface area (Å²) in [7, 11) is 2.15. The van der Waals surface area contributed by atoms with Crippen molar-refractivity contribution in [2.24, 2.45) is 7.05 Å². The lowest BCUT2D eigenvalue weighted by atomic mass is 9.96. The molecule has 2 heteroatoms. The van der Waals surface area contributed by atoms with Crippen LogP contribution in [0.15, 0.2) is 66.9 Å². The van der Waals surface area contributed by atoms with Crippen LogP contribution in [0.25, 0.3) is 33.4 Å². The van der Waals surface area contributed by atoms with Crippen LogP contribution in [0.3, 0.4) is 0 Å². The maximum absolute atomic E-state index is 4.47. The van der Waals surface area contributed by atoms with Gasteiger partial charge in [0, 0.05) is 34.8 Å². The molecule has 0 aliphatic rings. The molecule has 128 valence electrons. The van der Waals surface area contributed by atoms with Gasteiger partial charge in [-0.05, 0) is 68.3 Å². The minimum absolute atomic E-state index is 1.01. The molecule has 0 saturated carbocycles. The predicted molar refractivity (Wildman–Crippen MR) is 108 cm³/mol. The molecule has 0 saturated heterocycles. The van der Waals surface area contributed by atoms with Gasteiger partial charge in [0.15, 0.2) is 0 Å². The van der Waals surface area contributed by atoms with Crippen molar-refractivity contribution in [1.82, 2.24) is 4.98 Å². The Morgan fingerprint density at radius 1 is 0.846 bits per heavy atom. The van der Waals surface area contributed by atoms with Gasteiger partial charge in [-0.3, -0.25) is 4.98 Å². The zero-order valence-corrected chi connectivity index (χ0v) is 15.7. The van der Waals surface area contributed by atoms with E-state index in [2.05, 4.69) is 85.9 Å². The molecular formula is C24H23N2+. The van der Waals surface area contributed by atoms with Gasteiger partial charge in [0.1, 0.15) is 7.05 Å². The van der Waals surface area contributed by atoms with Gasteiger partial charge < -0.3 is 0 Å². The Hall–Kier alpha value is -3.00. The van der Waals surface area contributed by atoms with Crippen LogP contribution in [0.2, 0.25) is 0 Å². The predicted octanol–water partition coefficient (Wildman–Crippen LogP) is 5.32. The second-order valence-electron chi connectivity index (χ2n) is 7.02. The lowest BCUT2D eigenvalue weighted by Crippen LogP contribution is -2.32. The van der Waals surface area contributed by atoms with Crippen molar-refractivity contribution in [3.05, 3.63) is 83.6 Å². The molecule has 2 nitrogen and oxygen atoms in total. The van der Waals surface area contributed by atoms with Crippen LogP contribution in [0.5, 0.6) is 0 Å². The third kappa shape index (κ3) is 2.78. The quantitative estimate of drug-likeness (QED) is 0.452. The smallest absolute Gasteiger partial charge is 0.213 e. The second-order valence-corrected chi connectivity index (χ2v) is 7.02. The molecule has 2 aromatic heterocycles. The Labute approximate surface area is 154 Å². The molecule has 26 heavy (non-hydrogen) atoms. The van der Waals surface area contributed by atoms with Gasteiger partial charge in [0.25, 0.3) is 0 Å². The van der Waals surface area contributed by atoms with Gasteiger partial charge in [0.05, 0.1) is 5.69 Å². The van der Waals surface area contributed by atoms with E-state index in [0.29, 0.717) is 0 Å². The Morgan fingerprint density at radius 3 is 2.46 bits per heavy atom. The van der Waals surface area contributed by atoms with Crippen LogP contribution in [-0.4, -0.2) is 4.98 Å². The van der Waals surface area contributed by atoms with Crippen molar-refractivity contribution in [1.29, 1.82) is 0 Å². The van der Waals surface area contributed by atoms with Gasteiger partial charge >= 0.3 is 0 Å². The average molecular weight is 339 g/mol. The summed E-state index contributed by atoms with van der Waals surface area (Å²) >= 11 is 0. The summed E-state index contributed by atoms with van der Waals surface area (Å²) in [6.07, 6.45) is 1.84. The summed E-state index contributed by atoms with van der Waals surface area (Å²) in [4.78, 5) is 4.47. The van der Waals surface area contributed by atoms with Gasteiger partial charge in [-0.1, -0.05) is 17.7 Å². The highest BCUT2D eigenvalue weighted by atomic mass is 14.9. The summed E-state index contributed by atoms with van der Waals surface area (Å²) in [5.74, 6) is 0. The van der Waals surface area contributed by atoms with Crippen molar-refractivity contribution >= 4 is 10.9 Å². The van der Waals surface area contributed by atoms with E-state index < -0.39 is 0 Å². The van der Waals surface area contributed by atoms with Gasteiger partial charge in [0.2, 0.25) is 11.2 Å². The van der Waals surface area contributed by atoms with Crippen molar-refractivity contribution in [2.75, 3.05) is 0 Å². The van der Waals surface area contributed by atoms with Crippen LogP contribution in [0.4, 0.5) is 0 Å². The molecule has 0 bridgehead atoms. The standard InChI is InChI=1S/C24H23N2/c1-16-13-17(2)18(3)21(14-16)24-11-9-20-15-19(8-10-23(20)26(24)4)22-7-5-6-12-25-22/h5-15H,1-4H3/q+1. The highest BCUT2D eigenvalue weighted by Crippen LogP contribution is 2.27. The van der Waals surface area contributed by atoms with E-state index >= 15 is 0 Å².